The first-order valence-electron chi connectivity index (χ1n) is 9.08. The summed E-state index contributed by atoms with van der Waals surface area (Å²) in [5, 5.41) is 3.18. The predicted molar refractivity (Wildman–Crippen MR) is 117 cm³/mol. The van der Waals surface area contributed by atoms with E-state index in [4.69, 9.17) is 10.5 Å². The van der Waals surface area contributed by atoms with E-state index in [1.807, 2.05) is 24.3 Å². The number of nitrogens with two attached hydrogens (primary N) is 1. The fraction of sp³-hybridized carbons (Fsp3) is 0.632. The molecular weight excluding hydrogens is 427 g/mol. The van der Waals surface area contributed by atoms with Crippen molar-refractivity contribution in [3.05, 3.63) is 29.8 Å². The maximum atomic E-state index is 6.01. The number of hydrogen-bond acceptors (Lipinski definition) is 3. The van der Waals surface area contributed by atoms with E-state index in [1.54, 1.807) is 7.11 Å². The third kappa shape index (κ3) is 7.92. The molecule has 2 rings (SSSR count). The zero-order chi connectivity index (χ0) is 17.2. The van der Waals surface area contributed by atoms with E-state index in [9.17, 15) is 0 Å². The summed E-state index contributed by atoms with van der Waals surface area (Å²) in [5.41, 5.74) is 8.05. The van der Waals surface area contributed by atoms with Crippen LogP contribution < -0.4 is 11.1 Å². The lowest BCUT2D eigenvalue weighted by Crippen LogP contribution is -2.38. The van der Waals surface area contributed by atoms with Crippen molar-refractivity contribution >= 4 is 35.6 Å². The van der Waals surface area contributed by atoms with Crippen LogP contribution in [0, 0.1) is 0 Å². The number of piperidine rings is 1. The van der Waals surface area contributed by atoms with Crippen molar-refractivity contribution in [2.75, 3.05) is 32.1 Å². The highest BCUT2D eigenvalue weighted by molar-refractivity contribution is 14.0. The van der Waals surface area contributed by atoms with Crippen molar-refractivity contribution in [1.82, 2.24) is 4.90 Å². The van der Waals surface area contributed by atoms with E-state index in [0.29, 0.717) is 12.6 Å². The highest BCUT2D eigenvalue weighted by atomic mass is 127. The lowest BCUT2D eigenvalue weighted by Gasteiger charge is -2.33. The van der Waals surface area contributed by atoms with Crippen molar-refractivity contribution < 1.29 is 4.74 Å². The van der Waals surface area contributed by atoms with Crippen LogP contribution in [0.1, 0.15) is 44.6 Å². The molecule has 0 aromatic heterocycles. The van der Waals surface area contributed by atoms with Crippen molar-refractivity contribution in [3.8, 4) is 0 Å². The molecule has 0 saturated carbocycles. The summed E-state index contributed by atoms with van der Waals surface area (Å²) in [7, 11) is 1.69. The molecule has 1 saturated heterocycles. The number of unbranched alkanes of at least 4 members (excludes halogenated alkanes) is 1. The highest BCUT2D eigenvalue weighted by Gasteiger charge is 2.16. The fourth-order valence-corrected chi connectivity index (χ4v) is 3.22. The maximum absolute atomic E-state index is 6.01. The standard InChI is InChI=1S/C19H32N4O.HI/c1-16-9-5-7-13-23(16)14-8-6-12-21-19(20)22-18-11-4-3-10-17(18)15-24-2;/h3-4,10-11,16H,5-9,12-15H2,1-2H3,(H3,20,21,22);1H. The Kier molecular flexibility index (Phi) is 11.1. The quantitative estimate of drug-likeness (QED) is 0.268. The first-order chi connectivity index (χ1) is 11.7. The van der Waals surface area contributed by atoms with Gasteiger partial charge in [-0.05, 0) is 51.8 Å². The minimum atomic E-state index is 0. The molecule has 1 fully saturated rings. The second-order valence-electron chi connectivity index (χ2n) is 6.57. The van der Waals surface area contributed by atoms with Gasteiger partial charge in [0.2, 0.25) is 0 Å². The zero-order valence-corrected chi connectivity index (χ0v) is 17.9. The average molecular weight is 460 g/mol. The van der Waals surface area contributed by atoms with Gasteiger partial charge in [0.1, 0.15) is 0 Å². The Balaban J connectivity index is 0.00000312. The van der Waals surface area contributed by atoms with Gasteiger partial charge in [0.15, 0.2) is 5.96 Å². The van der Waals surface area contributed by atoms with Crippen LogP contribution in [-0.4, -0.2) is 43.6 Å². The number of hydrogen-bond donors (Lipinski definition) is 2. The van der Waals surface area contributed by atoms with Crippen LogP contribution in [0.3, 0.4) is 0 Å². The monoisotopic (exact) mass is 460 g/mol. The molecule has 1 aromatic carbocycles. The molecule has 1 aliphatic heterocycles. The van der Waals surface area contributed by atoms with Gasteiger partial charge in [0.25, 0.3) is 0 Å². The Morgan fingerprint density at radius 1 is 1.32 bits per heavy atom. The predicted octanol–water partition coefficient (Wildman–Crippen LogP) is 3.83. The van der Waals surface area contributed by atoms with Crippen LogP contribution in [0.5, 0.6) is 0 Å². The Hall–Kier alpha value is -0.860. The molecule has 0 radical (unpaired) electrons. The lowest BCUT2D eigenvalue weighted by atomic mass is 10.0. The topological polar surface area (TPSA) is 62.9 Å². The van der Waals surface area contributed by atoms with Gasteiger partial charge in [-0.25, -0.2) is 0 Å². The number of nitrogens with zero attached hydrogens (tertiary/aromatic N) is 2. The number of para-hydroxylation sites is 1. The molecule has 142 valence electrons. The van der Waals surface area contributed by atoms with E-state index in [1.165, 1.54) is 38.8 Å². The Morgan fingerprint density at radius 2 is 2.12 bits per heavy atom. The molecule has 6 heteroatoms. The number of halogens is 1. The number of methoxy groups -OCH3 is 1. The van der Waals surface area contributed by atoms with Crippen molar-refractivity contribution in [2.45, 2.75) is 51.7 Å². The molecule has 1 heterocycles. The molecule has 0 bridgehead atoms. The molecule has 1 aromatic rings. The molecule has 5 nitrogen and oxygen atoms in total. The van der Waals surface area contributed by atoms with Gasteiger partial charge in [-0.15, -0.1) is 24.0 Å². The molecule has 1 unspecified atom stereocenters. The van der Waals surface area contributed by atoms with Gasteiger partial charge in [0, 0.05) is 30.9 Å². The normalized spacial score (nSPS) is 18.6. The summed E-state index contributed by atoms with van der Waals surface area (Å²) in [4.78, 5) is 7.05. The second-order valence-corrected chi connectivity index (χ2v) is 6.57. The molecular formula is C19H33IN4O. The number of likely N-dealkylation sites (tertiary alicyclic amines) is 1. The van der Waals surface area contributed by atoms with Crippen LogP contribution in [0.15, 0.2) is 29.3 Å². The smallest absolute Gasteiger partial charge is 0.193 e. The first kappa shape index (κ1) is 22.2. The number of guanidine groups is 1. The summed E-state index contributed by atoms with van der Waals surface area (Å²) >= 11 is 0. The third-order valence-electron chi connectivity index (χ3n) is 4.66. The van der Waals surface area contributed by atoms with E-state index >= 15 is 0 Å². The van der Waals surface area contributed by atoms with Gasteiger partial charge in [-0.3, -0.25) is 4.99 Å². The first-order valence-corrected chi connectivity index (χ1v) is 9.08. The summed E-state index contributed by atoms with van der Waals surface area (Å²) < 4.78 is 5.20. The van der Waals surface area contributed by atoms with Crippen molar-refractivity contribution in [2.24, 2.45) is 10.7 Å². The molecule has 1 aliphatic rings. The fourth-order valence-electron chi connectivity index (χ4n) is 3.22. The van der Waals surface area contributed by atoms with Crippen LogP contribution in [-0.2, 0) is 11.3 Å². The average Bonchev–Trinajstić information content (AvgIpc) is 2.58. The number of rotatable bonds is 8. The molecule has 0 spiro atoms. The summed E-state index contributed by atoms with van der Waals surface area (Å²) in [5.74, 6) is 0.477. The second kappa shape index (κ2) is 12.5. The van der Waals surface area contributed by atoms with Gasteiger partial charge >= 0.3 is 0 Å². The lowest BCUT2D eigenvalue weighted by molar-refractivity contribution is 0.158. The van der Waals surface area contributed by atoms with Crippen LogP contribution >= 0.6 is 24.0 Å². The maximum Gasteiger partial charge on any atom is 0.193 e. The number of nitrogens with one attached hydrogen (secondary N) is 1. The molecule has 25 heavy (non-hydrogen) atoms. The Labute approximate surface area is 169 Å². The summed E-state index contributed by atoms with van der Waals surface area (Å²) in [6, 6.07) is 8.74. The van der Waals surface area contributed by atoms with E-state index in [-0.39, 0.29) is 24.0 Å². The largest absolute Gasteiger partial charge is 0.380 e. The molecule has 1 atom stereocenters. The number of anilines is 1. The number of aliphatic imine (C=N–C) groups is 1. The van der Waals surface area contributed by atoms with Crippen molar-refractivity contribution in [1.29, 1.82) is 0 Å². The Morgan fingerprint density at radius 3 is 2.88 bits per heavy atom. The number of ether oxygens (including phenoxy) is 1. The molecule has 3 N–H and O–H groups in total. The van der Waals surface area contributed by atoms with Gasteiger partial charge in [0.05, 0.1) is 6.61 Å². The van der Waals surface area contributed by atoms with E-state index < -0.39 is 0 Å². The minimum absolute atomic E-state index is 0. The van der Waals surface area contributed by atoms with Crippen LogP contribution in [0.25, 0.3) is 0 Å². The number of benzene rings is 1. The zero-order valence-electron chi connectivity index (χ0n) is 15.5. The summed E-state index contributed by atoms with van der Waals surface area (Å²) in [6.45, 7) is 6.11. The minimum Gasteiger partial charge on any atom is -0.380 e. The van der Waals surface area contributed by atoms with E-state index in [0.717, 1.165) is 30.3 Å². The SMILES string of the molecule is COCc1ccccc1NC(N)=NCCCCN1CCCCC1C.I. The summed E-state index contributed by atoms with van der Waals surface area (Å²) in [6.07, 6.45) is 6.33. The van der Waals surface area contributed by atoms with Gasteiger partial charge in [-0.1, -0.05) is 24.6 Å². The third-order valence-corrected chi connectivity index (χ3v) is 4.66. The van der Waals surface area contributed by atoms with Gasteiger partial charge in [-0.2, -0.15) is 0 Å². The van der Waals surface area contributed by atoms with Crippen LogP contribution in [0.2, 0.25) is 0 Å². The Bertz CT molecular complexity index is 524. The highest BCUT2D eigenvalue weighted by Crippen LogP contribution is 2.17. The van der Waals surface area contributed by atoms with Crippen molar-refractivity contribution in [3.63, 3.8) is 0 Å². The molecule has 0 amide bonds. The van der Waals surface area contributed by atoms with Gasteiger partial charge < -0.3 is 20.7 Å². The molecule has 0 aliphatic carbocycles. The van der Waals surface area contributed by atoms with E-state index in [2.05, 4.69) is 22.1 Å². The van der Waals surface area contributed by atoms with Crippen LogP contribution in [0.4, 0.5) is 5.69 Å².